The van der Waals surface area contributed by atoms with Gasteiger partial charge in [0.25, 0.3) is 0 Å². The first-order valence-electron chi connectivity index (χ1n) is 7.94. The SMILES string of the molecule is Cc1ccc(N=Cc2cc(Br)ccc2OS(=O)(=O)c2ccccc2)cc1Cl. The standard InChI is InChI=1S/C20H15BrClNO3S/c1-14-7-9-17(12-19(14)22)23-13-15-11-16(21)8-10-20(15)26-27(24,25)18-5-3-2-4-6-18/h2-13H,1H3. The molecule has 27 heavy (non-hydrogen) atoms. The molecule has 0 N–H and O–H groups in total. The topological polar surface area (TPSA) is 55.7 Å². The van der Waals surface area contributed by atoms with Crippen LogP contribution in [0.1, 0.15) is 11.1 Å². The molecule has 0 saturated heterocycles. The molecule has 0 unspecified atom stereocenters. The van der Waals surface area contributed by atoms with Crippen molar-refractivity contribution in [3.8, 4) is 5.75 Å². The Kier molecular flexibility index (Phi) is 5.99. The minimum absolute atomic E-state index is 0.0844. The van der Waals surface area contributed by atoms with Gasteiger partial charge in [-0.3, -0.25) is 4.99 Å². The molecule has 0 aliphatic heterocycles. The van der Waals surface area contributed by atoms with Crippen LogP contribution in [-0.4, -0.2) is 14.6 Å². The molecule has 138 valence electrons. The molecule has 0 heterocycles. The summed E-state index contributed by atoms with van der Waals surface area (Å²) in [5, 5.41) is 0.613. The van der Waals surface area contributed by atoms with E-state index in [4.69, 9.17) is 15.8 Å². The number of hydrogen-bond donors (Lipinski definition) is 0. The summed E-state index contributed by atoms with van der Waals surface area (Å²) in [6, 6.07) is 18.4. The third kappa shape index (κ3) is 4.97. The molecule has 0 bridgehead atoms. The molecule has 0 radical (unpaired) electrons. The van der Waals surface area contributed by atoms with Gasteiger partial charge in [0.1, 0.15) is 4.90 Å². The maximum atomic E-state index is 12.5. The van der Waals surface area contributed by atoms with Gasteiger partial charge in [0.15, 0.2) is 5.75 Å². The number of hydrogen-bond acceptors (Lipinski definition) is 4. The highest BCUT2D eigenvalue weighted by Crippen LogP contribution is 2.27. The molecule has 0 fully saturated rings. The first-order chi connectivity index (χ1) is 12.8. The molecule has 7 heteroatoms. The maximum Gasteiger partial charge on any atom is 0.339 e. The van der Waals surface area contributed by atoms with Gasteiger partial charge in [-0.15, -0.1) is 0 Å². The van der Waals surface area contributed by atoms with Crippen LogP contribution in [0.5, 0.6) is 5.75 Å². The Bertz CT molecular complexity index is 1100. The lowest BCUT2D eigenvalue weighted by Gasteiger charge is -2.10. The van der Waals surface area contributed by atoms with Gasteiger partial charge >= 0.3 is 10.1 Å². The van der Waals surface area contributed by atoms with Gasteiger partial charge in [0, 0.05) is 21.3 Å². The van der Waals surface area contributed by atoms with E-state index in [9.17, 15) is 8.42 Å². The van der Waals surface area contributed by atoms with Crippen LogP contribution in [0.25, 0.3) is 0 Å². The van der Waals surface area contributed by atoms with E-state index in [-0.39, 0.29) is 10.6 Å². The zero-order valence-corrected chi connectivity index (χ0v) is 17.4. The smallest absolute Gasteiger partial charge is 0.339 e. The summed E-state index contributed by atoms with van der Waals surface area (Å²) in [6.45, 7) is 1.91. The van der Waals surface area contributed by atoms with E-state index in [0.717, 1.165) is 10.0 Å². The number of halogens is 2. The molecule has 0 aromatic heterocycles. The van der Waals surface area contributed by atoms with E-state index in [1.807, 2.05) is 19.1 Å². The van der Waals surface area contributed by atoms with Crippen molar-refractivity contribution in [1.82, 2.24) is 0 Å². The average molecular weight is 465 g/mol. The van der Waals surface area contributed by atoms with Crippen LogP contribution in [0.15, 0.2) is 81.1 Å². The second kappa shape index (κ2) is 8.25. The van der Waals surface area contributed by atoms with Crippen LogP contribution >= 0.6 is 27.5 Å². The molecule has 0 atom stereocenters. The molecule has 0 saturated carbocycles. The Balaban J connectivity index is 1.94. The lowest BCUT2D eigenvalue weighted by Crippen LogP contribution is -2.10. The summed E-state index contributed by atoms with van der Waals surface area (Å²) in [5.41, 5.74) is 2.12. The van der Waals surface area contributed by atoms with Gasteiger partial charge in [-0.25, -0.2) is 0 Å². The number of nitrogens with zero attached hydrogens (tertiary/aromatic N) is 1. The molecular formula is C20H15BrClNO3S. The fourth-order valence-electron chi connectivity index (χ4n) is 2.26. The third-order valence-corrected chi connectivity index (χ3v) is 5.86. The summed E-state index contributed by atoms with van der Waals surface area (Å²) in [6.07, 6.45) is 1.54. The van der Waals surface area contributed by atoms with Gasteiger partial charge in [-0.2, -0.15) is 8.42 Å². The fourth-order valence-corrected chi connectivity index (χ4v) is 3.78. The van der Waals surface area contributed by atoms with Gasteiger partial charge in [-0.1, -0.05) is 51.8 Å². The minimum atomic E-state index is -3.94. The highest BCUT2D eigenvalue weighted by atomic mass is 79.9. The first kappa shape index (κ1) is 19.6. The van der Waals surface area contributed by atoms with E-state index in [0.29, 0.717) is 16.3 Å². The van der Waals surface area contributed by atoms with E-state index >= 15 is 0 Å². The molecule has 3 aromatic carbocycles. The zero-order chi connectivity index (χ0) is 19.4. The molecule has 0 aliphatic carbocycles. The van der Waals surface area contributed by atoms with Gasteiger partial charge < -0.3 is 4.18 Å². The molecule has 0 amide bonds. The Morgan fingerprint density at radius 1 is 1.04 bits per heavy atom. The lowest BCUT2D eigenvalue weighted by atomic mass is 10.2. The Morgan fingerprint density at radius 2 is 1.78 bits per heavy atom. The monoisotopic (exact) mass is 463 g/mol. The molecule has 0 aliphatic rings. The van der Waals surface area contributed by atoms with Crippen molar-refractivity contribution in [3.63, 3.8) is 0 Å². The van der Waals surface area contributed by atoms with Crippen molar-refractivity contribution in [1.29, 1.82) is 0 Å². The van der Waals surface area contributed by atoms with Crippen LogP contribution in [-0.2, 0) is 10.1 Å². The number of benzene rings is 3. The number of aliphatic imine (C=N–C) groups is 1. The van der Waals surface area contributed by atoms with Gasteiger partial charge in [-0.05, 0) is 55.0 Å². The predicted molar refractivity (Wildman–Crippen MR) is 112 cm³/mol. The Hall–Kier alpha value is -2.15. The van der Waals surface area contributed by atoms with E-state index in [2.05, 4.69) is 20.9 Å². The Morgan fingerprint density at radius 3 is 2.48 bits per heavy atom. The summed E-state index contributed by atoms with van der Waals surface area (Å²) in [7, 11) is -3.94. The van der Waals surface area contributed by atoms with Crippen LogP contribution < -0.4 is 4.18 Å². The highest BCUT2D eigenvalue weighted by Gasteiger charge is 2.18. The highest BCUT2D eigenvalue weighted by molar-refractivity contribution is 9.10. The number of aryl methyl sites for hydroxylation is 1. The van der Waals surface area contributed by atoms with Crippen LogP contribution in [0.4, 0.5) is 5.69 Å². The second-order valence-corrected chi connectivity index (χ2v) is 8.59. The molecule has 4 nitrogen and oxygen atoms in total. The van der Waals surface area contributed by atoms with E-state index < -0.39 is 10.1 Å². The average Bonchev–Trinajstić information content (AvgIpc) is 2.65. The van der Waals surface area contributed by atoms with Crippen molar-refractivity contribution < 1.29 is 12.6 Å². The largest absolute Gasteiger partial charge is 0.378 e. The summed E-state index contributed by atoms with van der Waals surface area (Å²) in [4.78, 5) is 4.46. The van der Waals surface area contributed by atoms with Gasteiger partial charge in [0.2, 0.25) is 0 Å². The lowest BCUT2D eigenvalue weighted by molar-refractivity contribution is 0.485. The van der Waals surface area contributed by atoms with Crippen LogP contribution in [0.2, 0.25) is 5.02 Å². The van der Waals surface area contributed by atoms with Crippen LogP contribution in [0, 0.1) is 6.92 Å². The van der Waals surface area contributed by atoms with Crippen molar-refractivity contribution in [3.05, 3.63) is 87.4 Å². The summed E-state index contributed by atoms with van der Waals surface area (Å²) < 4.78 is 31.1. The summed E-state index contributed by atoms with van der Waals surface area (Å²) in [5.74, 6) is 0.184. The molecular weight excluding hydrogens is 450 g/mol. The van der Waals surface area contributed by atoms with Gasteiger partial charge in [0.05, 0.1) is 5.69 Å². The normalized spacial score (nSPS) is 11.7. The molecule has 0 spiro atoms. The van der Waals surface area contributed by atoms with Crippen molar-refractivity contribution in [2.45, 2.75) is 11.8 Å². The zero-order valence-electron chi connectivity index (χ0n) is 14.3. The maximum absolute atomic E-state index is 12.5. The summed E-state index contributed by atoms with van der Waals surface area (Å²) >= 11 is 9.50. The van der Waals surface area contributed by atoms with Crippen molar-refractivity contribution in [2.75, 3.05) is 0 Å². The first-order valence-corrected chi connectivity index (χ1v) is 10.5. The fraction of sp³-hybridized carbons (Fsp3) is 0.0500. The molecule has 3 aromatic rings. The predicted octanol–water partition coefficient (Wildman–Crippen LogP) is 5.93. The number of rotatable bonds is 5. The second-order valence-electron chi connectivity index (χ2n) is 5.72. The van der Waals surface area contributed by atoms with Crippen molar-refractivity contribution in [2.24, 2.45) is 4.99 Å². The van der Waals surface area contributed by atoms with E-state index in [1.54, 1.807) is 48.7 Å². The van der Waals surface area contributed by atoms with E-state index in [1.165, 1.54) is 12.1 Å². The third-order valence-electron chi connectivity index (χ3n) is 3.71. The van der Waals surface area contributed by atoms with Crippen molar-refractivity contribution >= 4 is 49.6 Å². The van der Waals surface area contributed by atoms with Crippen LogP contribution in [0.3, 0.4) is 0 Å². The Labute approximate surface area is 171 Å². The molecule has 3 rings (SSSR count). The minimum Gasteiger partial charge on any atom is -0.378 e. The quantitative estimate of drug-likeness (QED) is 0.347.